The molecule has 1 fully saturated rings. The number of anilines is 2. The molecule has 1 atom stereocenters. The number of carbonyl (C=O) groups excluding carboxylic acids is 1. The number of aromatic nitrogens is 1. The fourth-order valence-corrected chi connectivity index (χ4v) is 4.13. The third-order valence-electron chi connectivity index (χ3n) is 5.65. The predicted octanol–water partition coefficient (Wildman–Crippen LogP) is 5.45. The summed E-state index contributed by atoms with van der Waals surface area (Å²) in [6, 6.07) is 22.0. The van der Waals surface area contributed by atoms with Crippen molar-refractivity contribution in [1.82, 2.24) is 9.88 Å². The number of carbonyl (C=O) groups is 1. The maximum atomic E-state index is 12.8. The number of halogens is 1. The third-order valence-corrected chi connectivity index (χ3v) is 5.87. The Morgan fingerprint density at radius 3 is 2.65 bits per heavy atom. The average molecular weight is 435 g/mol. The van der Waals surface area contributed by atoms with E-state index in [-0.39, 0.29) is 5.91 Å². The van der Waals surface area contributed by atoms with Crippen LogP contribution in [0.2, 0.25) is 5.02 Å². The highest BCUT2D eigenvalue weighted by Crippen LogP contribution is 2.22. The fourth-order valence-electron chi connectivity index (χ4n) is 4.01. The van der Waals surface area contributed by atoms with Gasteiger partial charge in [-0.05, 0) is 49.2 Å². The molecule has 1 saturated heterocycles. The second-order valence-corrected chi connectivity index (χ2v) is 8.28. The Kier molecular flexibility index (Phi) is 7.18. The van der Waals surface area contributed by atoms with Gasteiger partial charge in [0.2, 0.25) is 0 Å². The van der Waals surface area contributed by atoms with Crippen LogP contribution in [0.4, 0.5) is 11.5 Å². The van der Waals surface area contributed by atoms with Crippen molar-refractivity contribution in [2.24, 2.45) is 0 Å². The number of likely N-dealkylation sites (tertiary alicyclic amines) is 1. The van der Waals surface area contributed by atoms with E-state index >= 15 is 0 Å². The minimum absolute atomic E-state index is 0.192. The van der Waals surface area contributed by atoms with E-state index in [4.69, 9.17) is 11.6 Å². The molecular weight excluding hydrogens is 408 g/mol. The predicted molar refractivity (Wildman–Crippen MR) is 127 cm³/mol. The number of amides is 1. The molecule has 1 unspecified atom stereocenters. The van der Waals surface area contributed by atoms with Crippen molar-refractivity contribution in [1.29, 1.82) is 0 Å². The molecule has 0 aliphatic carbocycles. The molecule has 2 heterocycles. The number of benzene rings is 2. The van der Waals surface area contributed by atoms with Crippen LogP contribution in [0, 0.1) is 0 Å². The SMILES string of the molecule is O=C(Nc1ccc(Cl)cn1)c1ccccc1NCC1CCCCN1Cc1ccccc1. The average Bonchev–Trinajstić information content (AvgIpc) is 2.81. The van der Waals surface area contributed by atoms with Crippen LogP contribution in [-0.4, -0.2) is 34.9 Å². The molecule has 2 N–H and O–H groups in total. The van der Waals surface area contributed by atoms with Crippen LogP contribution < -0.4 is 10.6 Å². The molecule has 0 bridgehead atoms. The minimum atomic E-state index is -0.192. The molecule has 1 aromatic heterocycles. The smallest absolute Gasteiger partial charge is 0.258 e. The maximum absolute atomic E-state index is 12.8. The first kappa shape index (κ1) is 21.3. The summed E-state index contributed by atoms with van der Waals surface area (Å²) in [5, 5.41) is 6.91. The summed E-state index contributed by atoms with van der Waals surface area (Å²) in [6.07, 6.45) is 5.15. The summed E-state index contributed by atoms with van der Waals surface area (Å²) in [6.45, 7) is 2.86. The van der Waals surface area contributed by atoms with E-state index in [0.717, 1.165) is 31.7 Å². The Balaban J connectivity index is 1.41. The molecule has 1 amide bonds. The molecule has 5 nitrogen and oxygen atoms in total. The van der Waals surface area contributed by atoms with Gasteiger partial charge in [0.1, 0.15) is 5.82 Å². The molecule has 3 aromatic rings. The summed E-state index contributed by atoms with van der Waals surface area (Å²) in [5.41, 5.74) is 2.77. The lowest BCUT2D eigenvalue weighted by molar-refractivity contribution is 0.102. The number of nitrogens with zero attached hydrogens (tertiary/aromatic N) is 2. The molecule has 1 aliphatic heterocycles. The van der Waals surface area contributed by atoms with Gasteiger partial charge in [0.15, 0.2) is 0 Å². The minimum Gasteiger partial charge on any atom is -0.383 e. The first-order chi connectivity index (χ1) is 15.2. The zero-order valence-electron chi connectivity index (χ0n) is 17.4. The van der Waals surface area contributed by atoms with E-state index in [9.17, 15) is 4.79 Å². The van der Waals surface area contributed by atoms with Gasteiger partial charge >= 0.3 is 0 Å². The van der Waals surface area contributed by atoms with E-state index in [0.29, 0.717) is 22.4 Å². The summed E-state index contributed by atoms with van der Waals surface area (Å²) < 4.78 is 0. The van der Waals surface area contributed by atoms with Crippen LogP contribution in [0.15, 0.2) is 72.9 Å². The number of pyridine rings is 1. The Hall–Kier alpha value is -2.89. The lowest BCUT2D eigenvalue weighted by atomic mass is 10.0. The van der Waals surface area contributed by atoms with E-state index in [1.165, 1.54) is 24.6 Å². The number of para-hydroxylation sites is 1. The van der Waals surface area contributed by atoms with Crippen molar-refractivity contribution < 1.29 is 4.79 Å². The van der Waals surface area contributed by atoms with Crippen LogP contribution in [0.5, 0.6) is 0 Å². The van der Waals surface area contributed by atoms with Crippen molar-refractivity contribution in [2.45, 2.75) is 31.8 Å². The summed E-state index contributed by atoms with van der Waals surface area (Å²) in [4.78, 5) is 19.5. The van der Waals surface area contributed by atoms with Gasteiger partial charge in [-0.1, -0.05) is 60.5 Å². The number of nitrogens with one attached hydrogen (secondary N) is 2. The van der Waals surface area contributed by atoms with Crippen LogP contribution in [0.1, 0.15) is 35.2 Å². The molecule has 1 aliphatic rings. The van der Waals surface area contributed by atoms with Crippen molar-refractivity contribution in [3.05, 3.63) is 89.1 Å². The molecule has 160 valence electrons. The van der Waals surface area contributed by atoms with Gasteiger partial charge < -0.3 is 10.6 Å². The Morgan fingerprint density at radius 1 is 1.03 bits per heavy atom. The van der Waals surface area contributed by atoms with Gasteiger partial charge in [-0.25, -0.2) is 4.98 Å². The first-order valence-corrected chi connectivity index (χ1v) is 11.1. The molecular formula is C25H27ClN4O. The largest absolute Gasteiger partial charge is 0.383 e. The van der Waals surface area contributed by atoms with Gasteiger partial charge in [-0.3, -0.25) is 9.69 Å². The first-order valence-electron chi connectivity index (χ1n) is 10.7. The fraction of sp³-hybridized carbons (Fsp3) is 0.280. The van der Waals surface area contributed by atoms with E-state index in [1.54, 1.807) is 12.1 Å². The lowest BCUT2D eigenvalue weighted by Gasteiger charge is -2.36. The third kappa shape index (κ3) is 5.84. The molecule has 0 radical (unpaired) electrons. The van der Waals surface area contributed by atoms with Crippen LogP contribution in [0.3, 0.4) is 0 Å². The monoisotopic (exact) mass is 434 g/mol. The molecule has 0 spiro atoms. The number of hydrogen-bond acceptors (Lipinski definition) is 4. The molecule has 6 heteroatoms. The highest BCUT2D eigenvalue weighted by molar-refractivity contribution is 6.30. The standard InChI is InChI=1S/C25H27ClN4O/c26-20-13-14-24(28-16-20)29-25(31)22-11-4-5-12-23(22)27-17-21-10-6-7-15-30(21)18-19-8-2-1-3-9-19/h1-5,8-9,11-14,16,21,27H,6-7,10,15,17-18H2,(H,28,29,31). The van der Waals surface area contributed by atoms with Crippen LogP contribution in [0.25, 0.3) is 0 Å². The van der Waals surface area contributed by atoms with Gasteiger partial charge in [-0.15, -0.1) is 0 Å². The molecule has 4 rings (SSSR count). The van der Waals surface area contributed by atoms with Crippen molar-refractivity contribution in [2.75, 3.05) is 23.7 Å². The Bertz CT molecular complexity index is 994. The van der Waals surface area contributed by atoms with Crippen LogP contribution in [-0.2, 0) is 6.54 Å². The summed E-state index contributed by atoms with van der Waals surface area (Å²) in [7, 11) is 0. The second-order valence-electron chi connectivity index (χ2n) is 7.85. The van der Waals surface area contributed by atoms with Gasteiger partial charge in [0.25, 0.3) is 5.91 Å². The highest BCUT2D eigenvalue weighted by atomic mass is 35.5. The van der Waals surface area contributed by atoms with E-state index in [1.807, 2.05) is 24.3 Å². The Morgan fingerprint density at radius 2 is 1.84 bits per heavy atom. The molecule has 0 saturated carbocycles. The maximum Gasteiger partial charge on any atom is 0.258 e. The highest BCUT2D eigenvalue weighted by Gasteiger charge is 2.23. The van der Waals surface area contributed by atoms with Crippen molar-refractivity contribution >= 4 is 29.0 Å². The van der Waals surface area contributed by atoms with Gasteiger partial charge in [0, 0.05) is 31.0 Å². The normalized spacial score (nSPS) is 16.6. The number of hydrogen-bond donors (Lipinski definition) is 2. The summed E-state index contributed by atoms with van der Waals surface area (Å²) >= 11 is 5.88. The zero-order valence-corrected chi connectivity index (χ0v) is 18.2. The van der Waals surface area contributed by atoms with Crippen molar-refractivity contribution in [3.8, 4) is 0 Å². The summed E-state index contributed by atoms with van der Waals surface area (Å²) in [5.74, 6) is 0.285. The number of rotatable bonds is 7. The van der Waals surface area contributed by atoms with E-state index in [2.05, 4.69) is 50.8 Å². The number of piperidine rings is 1. The Labute approximate surface area is 188 Å². The lowest BCUT2D eigenvalue weighted by Crippen LogP contribution is -2.43. The van der Waals surface area contributed by atoms with E-state index < -0.39 is 0 Å². The van der Waals surface area contributed by atoms with Crippen molar-refractivity contribution in [3.63, 3.8) is 0 Å². The topological polar surface area (TPSA) is 57.3 Å². The van der Waals surface area contributed by atoms with Gasteiger partial charge in [0.05, 0.1) is 10.6 Å². The second kappa shape index (κ2) is 10.4. The van der Waals surface area contributed by atoms with Gasteiger partial charge in [-0.2, -0.15) is 0 Å². The quantitative estimate of drug-likeness (QED) is 0.518. The molecule has 31 heavy (non-hydrogen) atoms. The molecule has 2 aromatic carbocycles. The van der Waals surface area contributed by atoms with Crippen LogP contribution >= 0.6 is 11.6 Å². The zero-order chi connectivity index (χ0) is 21.5.